The highest BCUT2D eigenvalue weighted by Gasteiger charge is 2.11. The summed E-state index contributed by atoms with van der Waals surface area (Å²) in [5, 5.41) is 16.6. The minimum absolute atomic E-state index is 0. The summed E-state index contributed by atoms with van der Waals surface area (Å²) in [7, 11) is 0. The number of nitrogens with one attached hydrogen (secondary N) is 1. The van der Waals surface area contributed by atoms with Crippen molar-refractivity contribution < 1.29 is 19.9 Å². The van der Waals surface area contributed by atoms with Gasteiger partial charge in [0.2, 0.25) is 0 Å². The summed E-state index contributed by atoms with van der Waals surface area (Å²) in [5.41, 5.74) is 13.1. The van der Waals surface area contributed by atoms with E-state index in [1.165, 1.54) is 5.48 Å². The van der Waals surface area contributed by atoms with E-state index in [2.05, 4.69) is 0 Å². The van der Waals surface area contributed by atoms with E-state index >= 15 is 0 Å². The number of rotatable bonds is 7. The predicted octanol–water partition coefficient (Wildman–Crippen LogP) is 0.635. The minimum Gasteiger partial charge on any atom is -0.480 e. The van der Waals surface area contributed by atoms with Gasteiger partial charge in [-0.3, -0.25) is 14.8 Å². The van der Waals surface area contributed by atoms with Crippen LogP contribution in [0.5, 0.6) is 0 Å². The lowest BCUT2D eigenvalue weighted by Crippen LogP contribution is -2.39. The molecule has 2 atom stereocenters. The molecule has 1 aromatic carbocycles. The lowest BCUT2D eigenvalue weighted by atomic mass is 10.1. The summed E-state index contributed by atoms with van der Waals surface area (Å²) in [6, 6.07) is 7.96. The van der Waals surface area contributed by atoms with Crippen LogP contribution < -0.4 is 16.9 Å². The van der Waals surface area contributed by atoms with Gasteiger partial charge in [0, 0.05) is 0 Å². The molecule has 0 saturated carbocycles. The molecule has 0 aliphatic heterocycles. The largest absolute Gasteiger partial charge is 0.480 e. The molecule has 0 radical (unpaired) electrons. The second-order valence-electron chi connectivity index (χ2n) is 4.50. The Labute approximate surface area is 146 Å². The maximum atomic E-state index is 10.5. The molecule has 0 bridgehead atoms. The number of halogens is 1. The second kappa shape index (κ2) is 14.3. The fraction of sp³-hybridized carbons (Fsp3) is 0.429. The van der Waals surface area contributed by atoms with Crippen molar-refractivity contribution in [2.75, 3.05) is 12.0 Å². The van der Waals surface area contributed by atoms with E-state index < -0.39 is 24.0 Å². The summed E-state index contributed by atoms with van der Waals surface area (Å²) in [6.45, 7) is 0. The van der Waals surface area contributed by atoms with Crippen molar-refractivity contribution in [3.63, 3.8) is 0 Å². The molecule has 1 rings (SSSR count). The molecule has 0 fully saturated rings. The van der Waals surface area contributed by atoms with Gasteiger partial charge in [-0.25, -0.2) is 5.48 Å². The van der Waals surface area contributed by atoms with E-state index in [1.807, 2.05) is 36.6 Å². The molecular weight excluding hydrogens is 342 g/mol. The number of aliphatic carboxylic acids is 1. The van der Waals surface area contributed by atoms with Gasteiger partial charge < -0.3 is 16.6 Å². The first-order valence-electron chi connectivity index (χ1n) is 6.63. The number of thioether (sulfide) groups is 1. The number of carbonyl (C=O) groups excluding carboxylic acids is 1. The number of nitrogens with two attached hydrogens (primary N) is 2. The van der Waals surface area contributed by atoms with Crippen LogP contribution in [-0.4, -0.2) is 46.3 Å². The monoisotopic (exact) mass is 365 g/mol. The molecule has 0 spiro atoms. The Balaban J connectivity index is 0. The maximum Gasteiger partial charge on any atom is 0.320 e. The van der Waals surface area contributed by atoms with Gasteiger partial charge in [-0.1, -0.05) is 30.3 Å². The number of carboxylic acids is 1. The third kappa shape index (κ3) is 11.8. The molecule has 23 heavy (non-hydrogen) atoms. The van der Waals surface area contributed by atoms with Crippen LogP contribution >= 0.6 is 24.2 Å². The van der Waals surface area contributed by atoms with Crippen molar-refractivity contribution in [3.8, 4) is 0 Å². The minimum atomic E-state index is -0.959. The van der Waals surface area contributed by atoms with Crippen molar-refractivity contribution in [2.24, 2.45) is 11.5 Å². The van der Waals surface area contributed by atoms with E-state index in [4.69, 9.17) is 21.8 Å². The number of carboxylic acid groups (broad SMARTS) is 1. The van der Waals surface area contributed by atoms with Crippen molar-refractivity contribution in [2.45, 2.75) is 24.9 Å². The van der Waals surface area contributed by atoms with Gasteiger partial charge >= 0.3 is 5.97 Å². The van der Waals surface area contributed by atoms with E-state index in [-0.39, 0.29) is 12.4 Å². The zero-order chi connectivity index (χ0) is 17.0. The first-order valence-corrected chi connectivity index (χ1v) is 8.02. The Morgan fingerprint density at radius 2 is 1.78 bits per heavy atom. The Morgan fingerprint density at radius 3 is 2.22 bits per heavy atom. The summed E-state index contributed by atoms with van der Waals surface area (Å²) in [4.78, 5) is 20.9. The Hall–Kier alpha value is -1.32. The molecule has 1 aromatic rings. The Morgan fingerprint density at radius 1 is 1.22 bits per heavy atom. The number of hydrogen-bond donors (Lipinski definition) is 5. The molecule has 0 saturated heterocycles. The Kier molecular flexibility index (Phi) is 14.9. The van der Waals surface area contributed by atoms with Gasteiger partial charge in [-0.05, 0) is 30.4 Å². The SMILES string of the molecule is CSCCC(N)C(=O)NO.Cl.N[C@@H](Cc1ccccc1)C(=O)O. The van der Waals surface area contributed by atoms with Crippen LogP contribution in [0.3, 0.4) is 0 Å². The number of amides is 1. The highest BCUT2D eigenvalue weighted by molar-refractivity contribution is 7.98. The molecule has 0 heterocycles. The molecule has 7 N–H and O–H groups in total. The fourth-order valence-electron chi connectivity index (χ4n) is 1.41. The van der Waals surface area contributed by atoms with Crippen molar-refractivity contribution in [1.29, 1.82) is 0 Å². The van der Waals surface area contributed by atoms with Crippen molar-refractivity contribution in [3.05, 3.63) is 35.9 Å². The molecule has 1 amide bonds. The zero-order valence-electron chi connectivity index (χ0n) is 12.8. The molecular formula is C14H24ClN3O4S. The predicted molar refractivity (Wildman–Crippen MR) is 93.9 cm³/mol. The molecule has 0 aliphatic carbocycles. The lowest BCUT2D eigenvalue weighted by Gasteiger charge is -2.06. The van der Waals surface area contributed by atoms with Crippen molar-refractivity contribution in [1.82, 2.24) is 5.48 Å². The number of hydrogen-bond acceptors (Lipinski definition) is 6. The maximum absolute atomic E-state index is 10.5. The third-order valence-electron chi connectivity index (χ3n) is 2.70. The topological polar surface area (TPSA) is 139 Å². The average Bonchev–Trinajstić information content (AvgIpc) is 2.53. The third-order valence-corrected chi connectivity index (χ3v) is 3.34. The van der Waals surface area contributed by atoms with E-state index in [0.717, 1.165) is 11.3 Å². The van der Waals surface area contributed by atoms with Crippen LogP contribution in [0.25, 0.3) is 0 Å². The van der Waals surface area contributed by atoms with Crippen LogP contribution in [0, 0.1) is 0 Å². The molecule has 0 aromatic heterocycles. The highest BCUT2D eigenvalue weighted by atomic mass is 35.5. The van der Waals surface area contributed by atoms with E-state index in [9.17, 15) is 9.59 Å². The van der Waals surface area contributed by atoms with Crippen LogP contribution in [0.2, 0.25) is 0 Å². The number of carbonyl (C=O) groups is 2. The van der Waals surface area contributed by atoms with Gasteiger partial charge in [0.1, 0.15) is 6.04 Å². The highest BCUT2D eigenvalue weighted by Crippen LogP contribution is 2.01. The van der Waals surface area contributed by atoms with Gasteiger partial charge in [-0.15, -0.1) is 12.4 Å². The van der Waals surface area contributed by atoms with E-state index in [1.54, 1.807) is 11.8 Å². The number of benzene rings is 1. The van der Waals surface area contributed by atoms with Gasteiger partial charge in [0.25, 0.3) is 5.91 Å². The van der Waals surface area contributed by atoms with Crippen LogP contribution in [0.15, 0.2) is 30.3 Å². The van der Waals surface area contributed by atoms with Gasteiger partial charge in [0.15, 0.2) is 0 Å². The second-order valence-corrected chi connectivity index (χ2v) is 5.48. The quantitative estimate of drug-likeness (QED) is 0.353. The van der Waals surface area contributed by atoms with Gasteiger partial charge in [-0.2, -0.15) is 11.8 Å². The Bertz CT molecular complexity index is 451. The summed E-state index contributed by atoms with van der Waals surface area (Å²) in [5.74, 6) is -0.651. The summed E-state index contributed by atoms with van der Waals surface area (Å²) < 4.78 is 0. The lowest BCUT2D eigenvalue weighted by molar-refractivity contribution is -0.138. The van der Waals surface area contributed by atoms with Crippen LogP contribution in [0.1, 0.15) is 12.0 Å². The average molecular weight is 366 g/mol. The van der Waals surface area contributed by atoms with Gasteiger partial charge in [0.05, 0.1) is 6.04 Å². The number of hydroxylamine groups is 1. The standard InChI is InChI=1S/C9H11NO2.C5H12N2O2S.ClH/c10-8(9(11)12)6-7-4-2-1-3-5-7;1-10-3-2-4(6)5(8)7-9;/h1-5,8H,6,10H2,(H,11,12);4,9H,2-3,6H2,1H3,(H,7,8);1H/t8-;;/m0../s1. The molecule has 9 heteroatoms. The molecule has 0 aliphatic rings. The van der Waals surface area contributed by atoms with Crippen molar-refractivity contribution >= 4 is 36.0 Å². The molecule has 1 unspecified atom stereocenters. The summed E-state index contributed by atoms with van der Waals surface area (Å²) in [6.07, 6.45) is 2.91. The fourth-order valence-corrected chi connectivity index (χ4v) is 1.90. The molecule has 132 valence electrons. The first kappa shape index (κ1) is 23.9. The van der Waals surface area contributed by atoms with Crippen LogP contribution in [-0.2, 0) is 16.0 Å². The smallest absolute Gasteiger partial charge is 0.320 e. The summed E-state index contributed by atoms with van der Waals surface area (Å²) >= 11 is 1.62. The van der Waals surface area contributed by atoms with Crippen LogP contribution in [0.4, 0.5) is 0 Å². The van der Waals surface area contributed by atoms with E-state index in [0.29, 0.717) is 12.8 Å². The zero-order valence-corrected chi connectivity index (χ0v) is 14.5. The first-order chi connectivity index (χ1) is 10.4. The molecule has 7 nitrogen and oxygen atoms in total. The normalized spacial score (nSPS) is 12.0.